The van der Waals surface area contributed by atoms with Gasteiger partial charge in [0.05, 0.1) is 26.4 Å². The van der Waals surface area contributed by atoms with Gasteiger partial charge in [0.25, 0.3) is 0 Å². The molecule has 102 heavy (non-hydrogen) atoms. The van der Waals surface area contributed by atoms with Crippen molar-refractivity contribution < 1.29 is 80.2 Å². The lowest BCUT2D eigenvalue weighted by Crippen LogP contribution is -2.30. The molecule has 17 nitrogen and oxygen atoms in total. The molecule has 0 amide bonds. The molecule has 0 radical (unpaired) electrons. The minimum absolute atomic E-state index is 0.0709. The number of allylic oxidation sites excluding steroid dienone is 20. The van der Waals surface area contributed by atoms with Crippen LogP contribution in [0.25, 0.3) is 0 Å². The number of phosphoric acid groups is 2. The van der Waals surface area contributed by atoms with E-state index in [-0.39, 0.29) is 25.7 Å². The molecule has 0 aliphatic rings. The predicted molar refractivity (Wildman–Crippen MR) is 418 cm³/mol. The van der Waals surface area contributed by atoms with Gasteiger partial charge in [0.1, 0.15) is 19.3 Å². The molecule has 0 fully saturated rings. The van der Waals surface area contributed by atoms with E-state index in [0.717, 1.165) is 186 Å². The Kier molecular flexibility index (Phi) is 71.4. The van der Waals surface area contributed by atoms with Crippen LogP contribution in [-0.4, -0.2) is 96.7 Å². The molecule has 0 aromatic rings. The van der Waals surface area contributed by atoms with E-state index >= 15 is 0 Å². The van der Waals surface area contributed by atoms with Crippen LogP contribution in [0.3, 0.4) is 0 Å². The number of phosphoric ester groups is 2. The van der Waals surface area contributed by atoms with Gasteiger partial charge in [-0.05, 0) is 154 Å². The highest BCUT2D eigenvalue weighted by molar-refractivity contribution is 7.47. The number of aliphatic hydroxyl groups is 1. The SMILES string of the molecule is CC/C=C\C/C=C\C/C=C\C/C=C\CCCCCCC(=O)OCC(COP(=O)(O)OCC(O)COP(=O)(O)OCC(COC(=O)CCCCCCC/C=C\C/C=C\C/C=C\CC)OC(=O)CCCCCCC/C=C\CCCCCCCC)OC(=O)CCCCCCC/C=C\C/C=C\CCCCC. The van der Waals surface area contributed by atoms with Crippen LogP contribution >= 0.6 is 15.6 Å². The first-order valence-corrected chi connectivity index (χ1v) is 42.8. The molecule has 3 N–H and O–H groups in total. The minimum Gasteiger partial charge on any atom is -0.462 e. The van der Waals surface area contributed by atoms with Crippen molar-refractivity contribution in [1.29, 1.82) is 0 Å². The van der Waals surface area contributed by atoms with Crippen molar-refractivity contribution in [2.24, 2.45) is 0 Å². The maximum Gasteiger partial charge on any atom is 0.472 e. The van der Waals surface area contributed by atoms with Gasteiger partial charge in [-0.25, -0.2) is 9.13 Å². The molecule has 0 heterocycles. The Morgan fingerprint density at radius 1 is 0.284 bits per heavy atom. The van der Waals surface area contributed by atoms with Crippen LogP contribution in [0, 0.1) is 0 Å². The molecule has 19 heteroatoms. The Morgan fingerprint density at radius 3 is 0.814 bits per heavy atom. The van der Waals surface area contributed by atoms with Crippen LogP contribution in [0.15, 0.2) is 122 Å². The molecule has 0 rings (SSSR count). The molecular formula is C83H142O17P2. The first-order valence-electron chi connectivity index (χ1n) is 39.8. The summed E-state index contributed by atoms with van der Waals surface area (Å²) in [5.41, 5.74) is 0. The zero-order valence-electron chi connectivity index (χ0n) is 64.0. The number of hydrogen-bond donors (Lipinski definition) is 3. The molecule has 0 aliphatic heterocycles. The molecule has 5 unspecified atom stereocenters. The molecular weight excluding hydrogens is 1330 g/mol. The van der Waals surface area contributed by atoms with E-state index < -0.39 is 97.5 Å². The van der Waals surface area contributed by atoms with E-state index in [1.807, 2.05) is 0 Å². The van der Waals surface area contributed by atoms with Gasteiger partial charge in [-0.2, -0.15) is 0 Å². The lowest BCUT2D eigenvalue weighted by Gasteiger charge is -2.21. The summed E-state index contributed by atoms with van der Waals surface area (Å²) in [7, 11) is -9.98. The smallest absolute Gasteiger partial charge is 0.462 e. The molecule has 0 saturated carbocycles. The quantitative estimate of drug-likeness (QED) is 0.0169. The van der Waals surface area contributed by atoms with Gasteiger partial charge in [0.2, 0.25) is 0 Å². The van der Waals surface area contributed by atoms with Gasteiger partial charge in [-0.3, -0.25) is 37.3 Å². The van der Waals surface area contributed by atoms with Crippen LogP contribution in [0.1, 0.15) is 323 Å². The topological polar surface area (TPSA) is 237 Å². The fraction of sp³-hybridized carbons (Fsp3) is 0.711. The van der Waals surface area contributed by atoms with Gasteiger partial charge in [0.15, 0.2) is 12.2 Å². The normalized spacial score (nSPS) is 14.5. The summed E-state index contributed by atoms with van der Waals surface area (Å²) in [5, 5.41) is 10.6. The molecule has 0 saturated heterocycles. The maximum atomic E-state index is 13.1. The van der Waals surface area contributed by atoms with Crippen molar-refractivity contribution in [2.75, 3.05) is 39.6 Å². The summed E-state index contributed by atoms with van der Waals surface area (Å²) in [6.45, 7) is 4.57. The summed E-state index contributed by atoms with van der Waals surface area (Å²) in [6, 6.07) is 0. The van der Waals surface area contributed by atoms with E-state index in [1.54, 1.807) is 0 Å². The molecule has 0 aromatic carbocycles. The van der Waals surface area contributed by atoms with E-state index in [1.165, 1.54) is 57.8 Å². The number of rotatable bonds is 74. The molecule has 5 atom stereocenters. The average molecular weight is 1470 g/mol. The van der Waals surface area contributed by atoms with Crippen molar-refractivity contribution in [3.8, 4) is 0 Å². The number of carbonyl (C=O) groups is 4. The van der Waals surface area contributed by atoms with Crippen molar-refractivity contribution >= 4 is 39.5 Å². The van der Waals surface area contributed by atoms with Crippen molar-refractivity contribution in [3.63, 3.8) is 0 Å². The minimum atomic E-state index is -4.99. The summed E-state index contributed by atoms with van der Waals surface area (Å²) in [5.74, 6) is -2.24. The van der Waals surface area contributed by atoms with Gasteiger partial charge < -0.3 is 33.8 Å². The summed E-state index contributed by atoms with van der Waals surface area (Å²) in [6.07, 6.45) is 81.7. The molecule has 0 spiro atoms. The van der Waals surface area contributed by atoms with Crippen molar-refractivity contribution in [2.45, 2.75) is 341 Å². The molecule has 0 bridgehead atoms. The van der Waals surface area contributed by atoms with Crippen molar-refractivity contribution in [3.05, 3.63) is 122 Å². The standard InChI is InChI=1S/C83H142O17P2/c1-5-9-13-17-21-25-29-33-37-38-42-44-48-52-56-60-64-68-81(86)94-74-79(100-83(88)70-66-62-58-54-50-46-41-36-32-28-24-20-16-12-8-4)76-98-102(91,92)96-72-77(84)71-95-101(89,90)97-75-78(99-82(87)69-65-61-57-53-49-45-40-35-31-27-23-19-15-11-7-3)73-93-80(85)67-63-59-55-51-47-43-39-34-30-26-22-18-14-10-6-2/h9-10,13-14,21-22,24-26,28,33-37,39-42,44,77-79,84H,5-8,11-12,15-20,23,27,29-32,38,43,45-76H2,1-4H3,(H,89,90)(H,91,92)/b13-9-,14-10-,25-21-,26-22-,28-24-,37-33-,39-34-,40-35-,41-36-,44-42-. The lowest BCUT2D eigenvalue weighted by atomic mass is 10.1. The highest BCUT2D eigenvalue weighted by Gasteiger charge is 2.30. The highest BCUT2D eigenvalue weighted by Crippen LogP contribution is 2.45. The average Bonchev–Trinajstić information content (AvgIpc) is 0.923. The number of aliphatic hydroxyl groups excluding tert-OH is 1. The summed E-state index contributed by atoms with van der Waals surface area (Å²) >= 11 is 0. The van der Waals surface area contributed by atoms with Gasteiger partial charge in [0, 0.05) is 25.7 Å². The third kappa shape index (κ3) is 73.8. The largest absolute Gasteiger partial charge is 0.472 e. The fourth-order valence-corrected chi connectivity index (χ4v) is 11.9. The summed E-state index contributed by atoms with van der Waals surface area (Å²) in [4.78, 5) is 73.0. The van der Waals surface area contributed by atoms with Gasteiger partial charge in [-0.15, -0.1) is 0 Å². The molecule has 0 aliphatic carbocycles. The van der Waals surface area contributed by atoms with Gasteiger partial charge in [-0.1, -0.05) is 265 Å². The number of esters is 4. The molecule has 586 valence electrons. The number of ether oxygens (including phenoxy) is 4. The third-order valence-electron chi connectivity index (χ3n) is 16.4. The monoisotopic (exact) mass is 1470 g/mol. The number of hydrogen-bond acceptors (Lipinski definition) is 15. The second-order valence-electron chi connectivity index (χ2n) is 26.2. The maximum absolute atomic E-state index is 13.1. The van der Waals surface area contributed by atoms with E-state index in [0.29, 0.717) is 25.7 Å². The zero-order valence-corrected chi connectivity index (χ0v) is 65.8. The molecule has 0 aromatic heterocycles. The Balaban J connectivity index is 5.41. The van der Waals surface area contributed by atoms with Crippen LogP contribution < -0.4 is 0 Å². The Bertz CT molecular complexity index is 2410. The second kappa shape index (κ2) is 74.7. The van der Waals surface area contributed by atoms with Crippen LogP contribution in [0.2, 0.25) is 0 Å². The Morgan fingerprint density at radius 2 is 0.510 bits per heavy atom. The van der Waals surface area contributed by atoms with E-state index in [9.17, 15) is 43.2 Å². The van der Waals surface area contributed by atoms with Crippen LogP contribution in [-0.2, 0) is 65.4 Å². The van der Waals surface area contributed by atoms with Crippen molar-refractivity contribution in [1.82, 2.24) is 0 Å². The fourth-order valence-electron chi connectivity index (χ4n) is 10.4. The lowest BCUT2D eigenvalue weighted by molar-refractivity contribution is -0.161. The van der Waals surface area contributed by atoms with E-state index in [4.69, 9.17) is 37.0 Å². The van der Waals surface area contributed by atoms with Gasteiger partial charge >= 0.3 is 39.5 Å². The summed E-state index contributed by atoms with van der Waals surface area (Å²) < 4.78 is 68.6. The van der Waals surface area contributed by atoms with Crippen LogP contribution in [0.5, 0.6) is 0 Å². The Labute approximate surface area is 619 Å². The van der Waals surface area contributed by atoms with E-state index in [2.05, 4.69) is 149 Å². The highest BCUT2D eigenvalue weighted by atomic mass is 31.2. The third-order valence-corrected chi connectivity index (χ3v) is 18.3. The van der Waals surface area contributed by atoms with Crippen LogP contribution in [0.4, 0.5) is 0 Å². The first-order chi connectivity index (χ1) is 49.7. The Hall–Kier alpha value is -4.54. The second-order valence-corrected chi connectivity index (χ2v) is 29.1. The zero-order chi connectivity index (χ0) is 74.6. The predicted octanol–water partition coefficient (Wildman–Crippen LogP) is 23.1. The number of carbonyl (C=O) groups excluding carboxylic acids is 4. The first kappa shape index (κ1) is 97.5. The number of unbranched alkanes of at least 4 members (excludes halogenated alkanes) is 28.